The lowest BCUT2D eigenvalue weighted by atomic mass is 9.95. The molecule has 5 nitrogen and oxygen atoms in total. The highest BCUT2D eigenvalue weighted by molar-refractivity contribution is 7.99. The highest BCUT2D eigenvalue weighted by Gasteiger charge is 2.33. The van der Waals surface area contributed by atoms with Crippen LogP contribution in [0.25, 0.3) is 0 Å². The highest BCUT2D eigenvalue weighted by atomic mass is 35.5. The van der Waals surface area contributed by atoms with Crippen molar-refractivity contribution in [3.05, 3.63) is 46.1 Å². The second-order valence-corrected chi connectivity index (χ2v) is 7.57. The van der Waals surface area contributed by atoms with Crippen LogP contribution in [-0.2, 0) is 9.53 Å². The van der Waals surface area contributed by atoms with Gasteiger partial charge in [0.05, 0.1) is 18.2 Å². The number of rotatable bonds is 7. The van der Waals surface area contributed by atoms with Crippen LogP contribution in [-0.4, -0.2) is 30.1 Å². The van der Waals surface area contributed by atoms with Crippen molar-refractivity contribution in [3.8, 4) is 0 Å². The molecule has 0 radical (unpaired) electrons. The van der Waals surface area contributed by atoms with E-state index in [-0.39, 0.29) is 12.6 Å². The summed E-state index contributed by atoms with van der Waals surface area (Å²) >= 11 is 7.63. The Kier molecular flexibility index (Phi) is 7.20. The van der Waals surface area contributed by atoms with Gasteiger partial charge in [-0.05, 0) is 36.3 Å². The van der Waals surface area contributed by atoms with Gasteiger partial charge in [0.15, 0.2) is 0 Å². The fraction of sp³-hybridized carbons (Fsp3) is 0.444. The molecule has 1 aliphatic heterocycles. The molecule has 2 rings (SSSR count). The van der Waals surface area contributed by atoms with Crippen LogP contribution in [0.2, 0.25) is 5.02 Å². The summed E-state index contributed by atoms with van der Waals surface area (Å²) in [5.41, 5.74) is 1.83. The summed E-state index contributed by atoms with van der Waals surface area (Å²) in [6.07, 6.45) is 0. The van der Waals surface area contributed by atoms with Crippen molar-refractivity contribution in [2.45, 2.75) is 26.8 Å². The first-order chi connectivity index (χ1) is 11.9. The minimum atomic E-state index is -0.556. The van der Waals surface area contributed by atoms with E-state index >= 15 is 0 Å². The average Bonchev–Trinajstić information content (AvgIpc) is 2.54. The van der Waals surface area contributed by atoms with E-state index in [1.807, 2.05) is 0 Å². The van der Waals surface area contributed by atoms with E-state index in [0.717, 1.165) is 11.3 Å². The summed E-state index contributed by atoms with van der Waals surface area (Å²) in [5, 5.41) is 6.18. The minimum absolute atomic E-state index is 0.274. The lowest BCUT2D eigenvalue weighted by Gasteiger charge is -2.29. The molecule has 1 heterocycles. The van der Waals surface area contributed by atoms with Gasteiger partial charge in [0, 0.05) is 16.5 Å². The summed E-state index contributed by atoms with van der Waals surface area (Å²) in [5.74, 6) is 1.59. The molecule has 0 aliphatic carbocycles. The number of hydrogen-bond donors (Lipinski definition) is 2. The SMILES string of the molecule is CCOC(=O)C1=C(CSCC(C)C)NC(=O)NC1c1ccc(Cl)cc1. The summed E-state index contributed by atoms with van der Waals surface area (Å²) < 4.78 is 5.23. The number of ether oxygens (including phenoxy) is 1. The van der Waals surface area contributed by atoms with E-state index in [0.29, 0.717) is 28.0 Å². The second kappa shape index (κ2) is 9.15. The number of amides is 2. The normalized spacial score (nSPS) is 17.3. The number of carbonyl (C=O) groups is 2. The van der Waals surface area contributed by atoms with Gasteiger partial charge in [-0.15, -0.1) is 0 Å². The number of benzene rings is 1. The minimum Gasteiger partial charge on any atom is -0.463 e. The molecule has 2 amide bonds. The molecule has 0 aromatic heterocycles. The van der Waals surface area contributed by atoms with Crippen molar-refractivity contribution in [2.24, 2.45) is 5.92 Å². The van der Waals surface area contributed by atoms with Gasteiger partial charge in [0.1, 0.15) is 0 Å². The number of urea groups is 1. The van der Waals surface area contributed by atoms with Crippen molar-refractivity contribution in [3.63, 3.8) is 0 Å². The third-order valence-corrected chi connectivity index (χ3v) is 5.20. The number of nitrogens with one attached hydrogen (secondary N) is 2. The van der Waals surface area contributed by atoms with E-state index in [1.54, 1.807) is 43.0 Å². The van der Waals surface area contributed by atoms with E-state index in [4.69, 9.17) is 16.3 Å². The quantitative estimate of drug-likeness (QED) is 0.702. The van der Waals surface area contributed by atoms with Gasteiger partial charge < -0.3 is 15.4 Å². The van der Waals surface area contributed by atoms with E-state index in [1.165, 1.54) is 0 Å². The molecule has 0 spiro atoms. The Balaban J connectivity index is 2.38. The van der Waals surface area contributed by atoms with Gasteiger partial charge >= 0.3 is 12.0 Å². The first kappa shape index (κ1) is 19.7. The van der Waals surface area contributed by atoms with Crippen LogP contribution in [0.5, 0.6) is 0 Å². The lowest BCUT2D eigenvalue weighted by Crippen LogP contribution is -2.46. The number of carbonyl (C=O) groups excluding carboxylic acids is 2. The molecule has 136 valence electrons. The summed E-state index contributed by atoms with van der Waals surface area (Å²) in [4.78, 5) is 24.7. The molecule has 1 aromatic carbocycles. The molecule has 1 aromatic rings. The van der Waals surface area contributed by atoms with Crippen LogP contribution in [0, 0.1) is 5.92 Å². The second-order valence-electron chi connectivity index (χ2n) is 6.10. The maximum atomic E-state index is 12.6. The van der Waals surface area contributed by atoms with Gasteiger partial charge in [-0.25, -0.2) is 9.59 Å². The molecule has 7 heteroatoms. The molecule has 0 saturated carbocycles. The van der Waals surface area contributed by atoms with Gasteiger partial charge in [-0.1, -0.05) is 37.6 Å². The molecule has 0 fully saturated rings. The van der Waals surface area contributed by atoms with Crippen LogP contribution in [0.4, 0.5) is 4.79 Å². The van der Waals surface area contributed by atoms with Crippen LogP contribution < -0.4 is 10.6 Å². The smallest absolute Gasteiger partial charge is 0.338 e. The fourth-order valence-corrected chi connectivity index (χ4v) is 3.63. The summed E-state index contributed by atoms with van der Waals surface area (Å²) in [6, 6.07) is 6.20. The Labute approximate surface area is 157 Å². The van der Waals surface area contributed by atoms with Crippen LogP contribution in [0.1, 0.15) is 32.4 Å². The molecular formula is C18H23ClN2O3S. The zero-order valence-corrected chi connectivity index (χ0v) is 16.2. The van der Waals surface area contributed by atoms with E-state index in [9.17, 15) is 9.59 Å². The van der Waals surface area contributed by atoms with Crippen LogP contribution in [0.3, 0.4) is 0 Å². The molecule has 0 saturated heterocycles. The van der Waals surface area contributed by atoms with Crippen LogP contribution >= 0.6 is 23.4 Å². The number of esters is 1. The monoisotopic (exact) mass is 382 g/mol. The van der Waals surface area contributed by atoms with Gasteiger partial charge in [-0.3, -0.25) is 0 Å². The van der Waals surface area contributed by atoms with Gasteiger partial charge in [0.2, 0.25) is 0 Å². The van der Waals surface area contributed by atoms with Crippen molar-refractivity contribution >= 4 is 35.4 Å². The first-order valence-electron chi connectivity index (χ1n) is 8.23. The number of hydrogen-bond acceptors (Lipinski definition) is 4. The van der Waals surface area contributed by atoms with Crippen molar-refractivity contribution < 1.29 is 14.3 Å². The largest absolute Gasteiger partial charge is 0.463 e. The van der Waals surface area contributed by atoms with Crippen LogP contribution in [0.15, 0.2) is 35.5 Å². The predicted octanol–water partition coefficient (Wildman–Crippen LogP) is 3.90. The van der Waals surface area contributed by atoms with E-state index < -0.39 is 12.0 Å². The zero-order valence-electron chi connectivity index (χ0n) is 14.6. The fourth-order valence-electron chi connectivity index (χ4n) is 2.48. The lowest BCUT2D eigenvalue weighted by molar-refractivity contribution is -0.139. The first-order valence-corrected chi connectivity index (χ1v) is 9.76. The Morgan fingerprint density at radius 2 is 2.00 bits per heavy atom. The molecule has 1 atom stereocenters. The molecule has 1 unspecified atom stereocenters. The van der Waals surface area contributed by atoms with E-state index in [2.05, 4.69) is 24.5 Å². The third-order valence-electron chi connectivity index (χ3n) is 3.55. The predicted molar refractivity (Wildman–Crippen MR) is 102 cm³/mol. The Hall–Kier alpha value is -1.66. The standard InChI is InChI=1S/C18H23ClN2O3S/c1-4-24-17(22)15-14(10-25-9-11(2)3)20-18(23)21-16(15)12-5-7-13(19)8-6-12/h5-8,11,16H,4,9-10H2,1-3H3,(H2,20,21,23). The van der Waals surface area contributed by atoms with Crippen molar-refractivity contribution in [1.82, 2.24) is 10.6 Å². The number of thioether (sulfide) groups is 1. The maximum absolute atomic E-state index is 12.6. The molecular weight excluding hydrogens is 360 g/mol. The average molecular weight is 383 g/mol. The van der Waals surface area contributed by atoms with Crippen molar-refractivity contribution in [1.29, 1.82) is 0 Å². The van der Waals surface area contributed by atoms with Gasteiger partial charge in [-0.2, -0.15) is 11.8 Å². The Morgan fingerprint density at radius 3 is 2.60 bits per heavy atom. The number of halogens is 1. The molecule has 2 N–H and O–H groups in total. The van der Waals surface area contributed by atoms with Crippen molar-refractivity contribution in [2.75, 3.05) is 18.1 Å². The third kappa shape index (κ3) is 5.41. The molecule has 1 aliphatic rings. The van der Waals surface area contributed by atoms with Gasteiger partial charge in [0.25, 0.3) is 0 Å². The summed E-state index contributed by atoms with van der Waals surface area (Å²) in [6.45, 7) is 6.30. The highest BCUT2D eigenvalue weighted by Crippen LogP contribution is 2.30. The maximum Gasteiger partial charge on any atom is 0.338 e. The molecule has 25 heavy (non-hydrogen) atoms. The Morgan fingerprint density at radius 1 is 1.32 bits per heavy atom. The summed E-state index contributed by atoms with van der Waals surface area (Å²) in [7, 11) is 0. The zero-order chi connectivity index (χ0) is 18.4. The Bertz CT molecular complexity index is 659. The topological polar surface area (TPSA) is 67.4 Å². The molecule has 0 bridgehead atoms.